The molecule has 0 amide bonds. The van der Waals surface area contributed by atoms with Crippen molar-refractivity contribution in [2.24, 2.45) is 5.14 Å². The molecule has 0 saturated heterocycles. The molecule has 0 saturated carbocycles. The first-order valence-electron chi connectivity index (χ1n) is 6.55. The van der Waals surface area contributed by atoms with Crippen LogP contribution < -0.4 is 10.5 Å². The third kappa shape index (κ3) is 3.05. The van der Waals surface area contributed by atoms with Crippen LogP contribution in [0.25, 0.3) is 10.9 Å². The Hall–Kier alpha value is -2.51. The maximum absolute atomic E-state index is 11.2. The zero-order valence-electron chi connectivity index (χ0n) is 11.8. The zero-order chi connectivity index (χ0) is 15.7. The van der Waals surface area contributed by atoms with Crippen molar-refractivity contribution in [2.45, 2.75) is 11.8 Å². The van der Waals surface area contributed by atoms with Crippen LogP contribution in [0.15, 0.2) is 53.6 Å². The normalized spacial score (nSPS) is 11.5. The van der Waals surface area contributed by atoms with E-state index in [2.05, 4.69) is 15.3 Å². The lowest BCUT2D eigenvalue weighted by Crippen LogP contribution is -2.11. The molecule has 0 aliphatic carbocycles. The molecule has 3 N–H and O–H groups in total. The van der Waals surface area contributed by atoms with Gasteiger partial charge in [-0.2, -0.15) is 0 Å². The van der Waals surface area contributed by atoms with Gasteiger partial charge in [0.1, 0.15) is 0 Å². The smallest absolute Gasteiger partial charge is 0.238 e. The summed E-state index contributed by atoms with van der Waals surface area (Å²) in [5.74, 6) is 0.444. The number of hydrogen-bond donors (Lipinski definition) is 2. The number of aryl methyl sites for hydroxylation is 1. The Morgan fingerprint density at radius 2 is 1.82 bits per heavy atom. The number of nitrogens with zero attached hydrogens (tertiary/aromatic N) is 2. The number of anilines is 2. The fourth-order valence-electron chi connectivity index (χ4n) is 2.07. The predicted molar refractivity (Wildman–Crippen MR) is 85.4 cm³/mol. The van der Waals surface area contributed by atoms with Crippen molar-refractivity contribution in [1.29, 1.82) is 0 Å². The number of sulfonamides is 1. The van der Waals surface area contributed by atoms with E-state index in [1.165, 1.54) is 12.1 Å². The van der Waals surface area contributed by atoms with Crippen LogP contribution in [0.5, 0.6) is 0 Å². The van der Waals surface area contributed by atoms with Crippen LogP contribution in [0.1, 0.15) is 5.56 Å². The van der Waals surface area contributed by atoms with Crippen LogP contribution in [0.2, 0.25) is 0 Å². The molecular weight excluding hydrogens is 300 g/mol. The van der Waals surface area contributed by atoms with Gasteiger partial charge in [-0.05, 0) is 43.3 Å². The van der Waals surface area contributed by atoms with Gasteiger partial charge >= 0.3 is 0 Å². The monoisotopic (exact) mass is 314 g/mol. The molecular formula is C15H14N4O2S. The molecule has 0 unspecified atom stereocenters. The summed E-state index contributed by atoms with van der Waals surface area (Å²) < 4.78 is 22.4. The molecule has 0 atom stereocenters. The number of primary sulfonamides is 1. The molecule has 3 aromatic rings. The lowest BCUT2D eigenvalue weighted by Gasteiger charge is -2.06. The highest BCUT2D eigenvalue weighted by Crippen LogP contribution is 2.18. The van der Waals surface area contributed by atoms with Crippen LogP contribution >= 0.6 is 0 Å². The van der Waals surface area contributed by atoms with Crippen molar-refractivity contribution in [3.8, 4) is 0 Å². The third-order valence-electron chi connectivity index (χ3n) is 3.17. The highest BCUT2D eigenvalue weighted by molar-refractivity contribution is 7.89. The number of rotatable bonds is 3. The number of hydrogen-bond acceptors (Lipinski definition) is 5. The number of fused-ring (bicyclic) bond motifs is 1. The first-order valence-corrected chi connectivity index (χ1v) is 8.10. The fourth-order valence-corrected chi connectivity index (χ4v) is 2.59. The van der Waals surface area contributed by atoms with Gasteiger partial charge in [-0.3, -0.25) is 0 Å². The Kier molecular flexibility index (Phi) is 3.51. The van der Waals surface area contributed by atoms with Crippen LogP contribution in [0, 0.1) is 6.92 Å². The Bertz CT molecular complexity index is 937. The molecule has 0 aliphatic heterocycles. The quantitative estimate of drug-likeness (QED) is 0.773. The van der Waals surface area contributed by atoms with Gasteiger partial charge in [0.25, 0.3) is 0 Å². The molecule has 0 bridgehead atoms. The van der Waals surface area contributed by atoms with E-state index in [9.17, 15) is 8.42 Å². The maximum atomic E-state index is 11.2. The van der Waals surface area contributed by atoms with E-state index in [4.69, 9.17) is 5.14 Å². The molecule has 2 aromatic carbocycles. The summed E-state index contributed by atoms with van der Waals surface area (Å²) in [4.78, 5) is 8.73. The minimum Gasteiger partial charge on any atom is -0.324 e. The third-order valence-corrected chi connectivity index (χ3v) is 4.10. The SMILES string of the molecule is Cc1ccc2nc(Nc3ccc(S(N)(=O)=O)cc3)ncc2c1. The molecule has 1 heterocycles. The highest BCUT2D eigenvalue weighted by atomic mass is 32.2. The van der Waals surface area contributed by atoms with Gasteiger partial charge in [-0.25, -0.2) is 23.5 Å². The number of nitrogens with one attached hydrogen (secondary N) is 1. The van der Waals surface area contributed by atoms with Gasteiger partial charge in [0.2, 0.25) is 16.0 Å². The maximum Gasteiger partial charge on any atom is 0.238 e. The molecule has 0 radical (unpaired) electrons. The van der Waals surface area contributed by atoms with Crippen molar-refractivity contribution in [3.63, 3.8) is 0 Å². The lowest BCUT2D eigenvalue weighted by molar-refractivity contribution is 0.598. The average molecular weight is 314 g/mol. The highest BCUT2D eigenvalue weighted by Gasteiger charge is 2.07. The molecule has 112 valence electrons. The predicted octanol–water partition coefficient (Wildman–Crippen LogP) is 2.33. The van der Waals surface area contributed by atoms with Gasteiger partial charge in [0, 0.05) is 17.3 Å². The first-order chi connectivity index (χ1) is 10.4. The molecule has 3 rings (SSSR count). The van der Waals surface area contributed by atoms with Crippen LogP contribution in [-0.4, -0.2) is 18.4 Å². The molecule has 7 heteroatoms. The van der Waals surface area contributed by atoms with Crippen LogP contribution in [0.3, 0.4) is 0 Å². The number of nitrogens with two attached hydrogens (primary N) is 1. The Labute approximate surface area is 128 Å². The Morgan fingerprint density at radius 1 is 1.09 bits per heavy atom. The van der Waals surface area contributed by atoms with Crippen molar-refractivity contribution < 1.29 is 8.42 Å². The van der Waals surface area contributed by atoms with Crippen molar-refractivity contribution in [2.75, 3.05) is 5.32 Å². The van der Waals surface area contributed by atoms with Crippen LogP contribution in [0.4, 0.5) is 11.6 Å². The van der Waals surface area contributed by atoms with Gasteiger partial charge in [-0.1, -0.05) is 11.6 Å². The number of aromatic nitrogens is 2. The van der Waals surface area contributed by atoms with E-state index in [0.717, 1.165) is 16.5 Å². The number of benzene rings is 2. The second-order valence-electron chi connectivity index (χ2n) is 4.95. The lowest BCUT2D eigenvalue weighted by atomic mass is 10.2. The molecule has 1 aromatic heterocycles. The minimum atomic E-state index is -3.68. The Morgan fingerprint density at radius 3 is 2.50 bits per heavy atom. The van der Waals surface area contributed by atoms with E-state index in [1.807, 2.05) is 25.1 Å². The zero-order valence-corrected chi connectivity index (χ0v) is 12.6. The second-order valence-corrected chi connectivity index (χ2v) is 6.51. The van der Waals surface area contributed by atoms with E-state index < -0.39 is 10.0 Å². The molecule has 0 spiro atoms. The van der Waals surface area contributed by atoms with E-state index in [1.54, 1.807) is 18.3 Å². The standard InChI is InChI=1S/C15H14N4O2S/c1-10-2-7-14-11(8-10)9-17-15(19-14)18-12-3-5-13(6-4-12)22(16,20)21/h2-9H,1H3,(H2,16,20,21)(H,17,18,19). The Balaban J connectivity index is 1.88. The van der Waals surface area contributed by atoms with E-state index in [0.29, 0.717) is 11.6 Å². The van der Waals surface area contributed by atoms with Crippen LogP contribution in [-0.2, 0) is 10.0 Å². The fraction of sp³-hybridized carbons (Fsp3) is 0.0667. The average Bonchev–Trinajstić information content (AvgIpc) is 2.47. The van der Waals surface area contributed by atoms with E-state index in [-0.39, 0.29) is 4.90 Å². The van der Waals surface area contributed by atoms with Crippen molar-refractivity contribution in [3.05, 3.63) is 54.2 Å². The van der Waals surface area contributed by atoms with Gasteiger partial charge < -0.3 is 5.32 Å². The summed E-state index contributed by atoms with van der Waals surface area (Å²) in [7, 11) is -3.68. The largest absolute Gasteiger partial charge is 0.324 e. The summed E-state index contributed by atoms with van der Waals surface area (Å²) in [6.45, 7) is 2.01. The summed E-state index contributed by atoms with van der Waals surface area (Å²) >= 11 is 0. The molecule has 0 fully saturated rings. The second kappa shape index (κ2) is 5.36. The molecule has 0 aliphatic rings. The van der Waals surface area contributed by atoms with E-state index >= 15 is 0 Å². The summed E-state index contributed by atoms with van der Waals surface area (Å²) in [5.41, 5.74) is 2.67. The molecule has 6 nitrogen and oxygen atoms in total. The van der Waals surface area contributed by atoms with Gasteiger partial charge in [0.05, 0.1) is 10.4 Å². The van der Waals surface area contributed by atoms with Crippen molar-refractivity contribution in [1.82, 2.24) is 9.97 Å². The van der Waals surface area contributed by atoms with Gasteiger partial charge in [-0.15, -0.1) is 0 Å². The molecule has 22 heavy (non-hydrogen) atoms. The van der Waals surface area contributed by atoms with Gasteiger partial charge in [0.15, 0.2) is 0 Å². The summed E-state index contributed by atoms with van der Waals surface area (Å²) in [6.07, 6.45) is 1.75. The first kappa shape index (κ1) is 14.4. The summed E-state index contributed by atoms with van der Waals surface area (Å²) in [5, 5.41) is 9.06. The minimum absolute atomic E-state index is 0.0629. The van der Waals surface area contributed by atoms with Crippen molar-refractivity contribution >= 4 is 32.6 Å². The summed E-state index contributed by atoms with van der Waals surface area (Å²) in [6, 6.07) is 12.0. The topological polar surface area (TPSA) is 98.0 Å².